The average Bonchev–Trinajstić information content (AvgIpc) is 3.31. The van der Waals surface area contributed by atoms with E-state index in [4.69, 9.17) is 0 Å². The number of hydrogen-bond acceptors (Lipinski definition) is 3. The number of nitrogens with one attached hydrogen (secondary N) is 1. The SMILES string of the molecule is Cn1nc(C(C)(C)C)c(C#N)c1-c1nc2cc(-c3ccccc3C(F)(F)F)cc(C(F)(F)F)c2[nH]1. The second-order valence-corrected chi connectivity index (χ2v) is 9.10. The van der Waals surface area contributed by atoms with Gasteiger partial charge in [-0.2, -0.15) is 36.7 Å². The van der Waals surface area contributed by atoms with Crippen molar-refractivity contribution in [2.75, 3.05) is 0 Å². The number of aromatic nitrogens is 4. The summed E-state index contributed by atoms with van der Waals surface area (Å²) in [5, 5.41) is 14.1. The zero-order chi connectivity index (χ0) is 25.9. The lowest BCUT2D eigenvalue weighted by atomic mass is 9.89. The number of rotatable bonds is 2. The third kappa shape index (κ3) is 4.24. The Kier molecular flexibility index (Phi) is 5.46. The van der Waals surface area contributed by atoms with Gasteiger partial charge in [0.1, 0.15) is 17.3 Å². The molecule has 0 atom stereocenters. The molecule has 182 valence electrons. The number of fused-ring (bicyclic) bond motifs is 1. The van der Waals surface area contributed by atoms with E-state index in [9.17, 15) is 31.6 Å². The van der Waals surface area contributed by atoms with Crippen molar-refractivity contribution in [1.82, 2.24) is 19.7 Å². The summed E-state index contributed by atoms with van der Waals surface area (Å²) in [6.07, 6.45) is -9.65. The summed E-state index contributed by atoms with van der Waals surface area (Å²) in [6.45, 7) is 5.51. The normalized spacial score (nSPS) is 12.8. The molecule has 4 aromatic rings. The minimum Gasteiger partial charge on any atom is -0.336 e. The molecule has 0 fully saturated rings. The quantitative estimate of drug-likeness (QED) is 0.312. The molecule has 0 amide bonds. The van der Waals surface area contributed by atoms with Crippen molar-refractivity contribution < 1.29 is 26.3 Å². The van der Waals surface area contributed by atoms with Crippen LogP contribution in [0.25, 0.3) is 33.7 Å². The van der Waals surface area contributed by atoms with Crippen LogP contribution in [0.5, 0.6) is 0 Å². The molecular weight excluding hydrogens is 472 g/mol. The van der Waals surface area contributed by atoms with Crippen LogP contribution >= 0.6 is 0 Å². The Morgan fingerprint density at radius 1 is 0.943 bits per heavy atom. The van der Waals surface area contributed by atoms with E-state index in [1.165, 1.54) is 29.9 Å². The zero-order valence-corrected chi connectivity index (χ0v) is 19.0. The van der Waals surface area contributed by atoms with Crippen molar-refractivity contribution in [3.05, 3.63) is 58.8 Å². The number of aryl methyl sites for hydroxylation is 1. The average molecular weight is 491 g/mol. The van der Waals surface area contributed by atoms with Gasteiger partial charge in [0, 0.05) is 12.5 Å². The van der Waals surface area contributed by atoms with Crippen LogP contribution < -0.4 is 0 Å². The molecule has 0 aliphatic rings. The van der Waals surface area contributed by atoms with Gasteiger partial charge in [-0.1, -0.05) is 39.0 Å². The van der Waals surface area contributed by atoms with Crippen LogP contribution in [0.15, 0.2) is 36.4 Å². The Hall–Kier alpha value is -3.81. The summed E-state index contributed by atoms with van der Waals surface area (Å²) in [5.41, 5.74) is -3.26. The summed E-state index contributed by atoms with van der Waals surface area (Å²) >= 11 is 0. The van der Waals surface area contributed by atoms with E-state index in [0.717, 1.165) is 12.1 Å². The molecule has 0 aliphatic carbocycles. The number of benzene rings is 2. The van der Waals surface area contributed by atoms with E-state index in [0.29, 0.717) is 11.8 Å². The Morgan fingerprint density at radius 2 is 1.57 bits per heavy atom. The summed E-state index contributed by atoms with van der Waals surface area (Å²) in [4.78, 5) is 6.88. The first-order valence-corrected chi connectivity index (χ1v) is 10.4. The first-order chi connectivity index (χ1) is 16.1. The molecule has 0 radical (unpaired) electrons. The van der Waals surface area contributed by atoms with E-state index in [2.05, 4.69) is 21.1 Å². The van der Waals surface area contributed by atoms with Crippen LogP contribution in [-0.2, 0) is 24.8 Å². The molecule has 0 saturated carbocycles. The van der Waals surface area contributed by atoms with Crippen molar-refractivity contribution in [3.63, 3.8) is 0 Å². The van der Waals surface area contributed by atoms with Gasteiger partial charge in [-0.25, -0.2) is 4.98 Å². The number of hydrogen-bond donors (Lipinski definition) is 1. The molecule has 0 saturated heterocycles. The fourth-order valence-electron chi connectivity index (χ4n) is 4.01. The number of H-pyrrole nitrogens is 1. The maximum Gasteiger partial charge on any atom is 0.418 e. The fraction of sp³-hybridized carbons (Fsp3) is 0.292. The Balaban J connectivity index is 2.02. The van der Waals surface area contributed by atoms with Crippen molar-refractivity contribution in [2.45, 2.75) is 38.5 Å². The minimum atomic E-state index is -4.88. The molecule has 0 aliphatic heterocycles. The van der Waals surface area contributed by atoms with Gasteiger partial charge in [0.15, 0.2) is 5.82 Å². The van der Waals surface area contributed by atoms with Gasteiger partial charge in [0.2, 0.25) is 0 Å². The molecule has 5 nitrogen and oxygen atoms in total. The van der Waals surface area contributed by atoms with E-state index in [1.807, 2.05) is 20.8 Å². The van der Waals surface area contributed by atoms with Crippen LogP contribution in [0.1, 0.15) is 43.2 Å². The highest BCUT2D eigenvalue weighted by Gasteiger charge is 2.37. The number of alkyl halides is 6. The fourth-order valence-corrected chi connectivity index (χ4v) is 4.01. The lowest BCUT2D eigenvalue weighted by Gasteiger charge is -2.15. The number of nitriles is 1. The molecule has 2 aromatic carbocycles. The molecule has 1 N–H and O–H groups in total. The van der Waals surface area contributed by atoms with E-state index >= 15 is 0 Å². The van der Waals surface area contributed by atoms with Gasteiger partial charge in [0.25, 0.3) is 0 Å². The van der Waals surface area contributed by atoms with Crippen molar-refractivity contribution >= 4 is 11.0 Å². The zero-order valence-electron chi connectivity index (χ0n) is 19.0. The highest BCUT2D eigenvalue weighted by molar-refractivity contribution is 5.89. The second kappa shape index (κ2) is 7.86. The van der Waals surface area contributed by atoms with Gasteiger partial charge in [-0.05, 0) is 29.3 Å². The molecule has 0 bridgehead atoms. The Bertz CT molecular complexity index is 1480. The molecule has 0 spiro atoms. The smallest absolute Gasteiger partial charge is 0.336 e. The van der Waals surface area contributed by atoms with Gasteiger partial charge in [0.05, 0.1) is 27.9 Å². The van der Waals surface area contributed by atoms with Crippen LogP contribution in [-0.4, -0.2) is 19.7 Å². The third-order valence-electron chi connectivity index (χ3n) is 5.54. The van der Waals surface area contributed by atoms with E-state index in [1.54, 1.807) is 0 Å². The van der Waals surface area contributed by atoms with Gasteiger partial charge < -0.3 is 4.98 Å². The Morgan fingerprint density at radius 3 is 2.14 bits per heavy atom. The number of nitrogens with zero attached hydrogens (tertiary/aromatic N) is 4. The van der Waals surface area contributed by atoms with Gasteiger partial charge in [-0.3, -0.25) is 4.68 Å². The highest BCUT2D eigenvalue weighted by Crippen LogP contribution is 2.42. The van der Waals surface area contributed by atoms with Crippen molar-refractivity contribution in [1.29, 1.82) is 5.26 Å². The van der Waals surface area contributed by atoms with Gasteiger partial charge in [-0.15, -0.1) is 0 Å². The third-order valence-corrected chi connectivity index (χ3v) is 5.54. The summed E-state index contributed by atoms with van der Waals surface area (Å²) in [6, 6.07) is 8.30. The first-order valence-electron chi connectivity index (χ1n) is 10.4. The lowest BCUT2D eigenvalue weighted by Crippen LogP contribution is -2.14. The first kappa shape index (κ1) is 24.3. The van der Waals surface area contributed by atoms with Crippen LogP contribution in [0.4, 0.5) is 26.3 Å². The standard InChI is InChI=1S/C24H19F6N5/c1-22(2,3)20-14(11-31)19(35(4)34-20)21-32-17-10-12(9-16(18(17)33-21)24(28,29)30)13-7-5-6-8-15(13)23(25,26)27/h5-10H,1-4H3,(H,32,33). The molecule has 11 heteroatoms. The Labute approximate surface area is 196 Å². The second-order valence-electron chi connectivity index (χ2n) is 9.10. The van der Waals surface area contributed by atoms with Crippen molar-refractivity contribution in [3.8, 4) is 28.7 Å². The number of aromatic amines is 1. The highest BCUT2D eigenvalue weighted by atomic mass is 19.4. The summed E-state index contributed by atoms with van der Waals surface area (Å²) in [7, 11) is 1.54. The molecular formula is C24H19F6N5. The summed E-state index contributed by atoms with van der Waals surface area (Å²) < 4.78 is 84.0. The minimum absolute atomic E-state index is 0.0474. The maximum atomic E-state index is 14.0. The lowest BCUT2D eigenvalue weighted by molar-refractivity contribution is -0.137. The van der Waals surface area contributed by atoms with Crippen LogP contribution in [0.3, 0.4) is 0 Å². The van der Waals surface area contributed by atoms with Crippen molar-refractivity contribution in [2.24, 2.45) is 7.05 Å². The largest absolute Gasteiger partial charge is 0.418 e. The molecule has 0 unspecified atom stereocenters. The molecule has 4 rings (SSSR count). The maximum absolute atomic E-state index is 14.0. The predicted octanol–water partition coefficient (Wildman–Crippen LogP) is 6.84. The van der Waals surface area contributed by atoms with E-state index in [-0.39, 0.29) is 28.2 Å². The van der Waals surface area contributed by atoms with Crippen LogP contribution in [0, 0.1) is 11.3 Å². The monoisotopic (exact) mass is 491 g/mol. The summed E-state index contributed by atoms with van der Waals surface area (Å²) in [5.74, 6) is -0.0474. The predicted molar refractivity (Wildman–Crippen MR) is 117 cm³/mol. The molecule has 35 heavy (non-hydrogen) atoms. The van der Waals surface area contributed by atoms with Gasteiger partial charge >= 0.3 is 12.4 Å². The topological polar surface area (TPSA) is 70.3 Å². The molecule has 2 heterocycles. The van der Waals surface area contributed by atoms with E-state index < -0.39 is 40.0 Å². The molecule has 2 aromatic heterocycles. The number of imidazole rings is 1. The van der Waals surface area contributed by atoms with Crippen LogP contribution in [0.2, 0.25) is 0 Å². The number of halogens is 6.